The molecule has 11 aromatic rings. The number of para-hydroxylation sites is 4. The fourth-order valence-corrected chi connectivity index (χ4v) is 7.92. The number of hydrogen-bond donors (Lipinski definition) is 0. The summed E-state index contributed by atoms with van der Waals surface area (Å²) < 4.78 is 10.9. The van der Waals surface area contributed by atoms with Gasteiger partial charge in [-0.1, -0.05) is 115 Å². The van der Waals surface area contributed by atoms with Gasteiger partial charge in [0.25, 0.3) is 0 Å². The molecule has 0 amide bonds. The van der Waals surface area contributed by atoms with Gasteiger partial charge in [0.2, 0.25) is 5.95 Å². The molecule has 5 nitrogen and oxygen atoms in total. The third-order valence-corrected chi connectivity index (χ3v) is 10.1. The maximum Gasteiger partial charge on any atom is 0.235 e. The summed E-state index contributed by atoms with van der Waals surface area (Å²) in [5.74, 6) is 0.615. The molecule has 0 aliphatic rings. The minimum Gasteiger partial charge on any atom is -0.456 e. The molecule has 4 aromatic heterocycles. The van der Waals surface area contributed by atoms with Gasteiger partial charge >= 0.3 is 0 Å². The molecule has 0 unspecified atom stereocenters. The van der Waals surface area contributed by atoms with Crippen molar-refractivity contribution in [3.8, 4) is 34.2 Å². The van der Waals surface area contributed by atoms with Crippen LogP contribution >= 0.6 is 0 Å². The number of aromatic nitrogens is 4. The molecule has 11 rings (SSSR count). The molecule has 0 spiro atoms. The Morgan fingerprint density at radius 3 is 1.75 bits per heavy atom. The quantitative estimate of drug-likeness (QED) is 0.190. The second-order valence-corrected chi connectivity index (χ2v) is 13.0. The summed E-state index contributed by atoms with van der Waals surface area (Å²) in [6, 6.07) is 59.4. The zero-order valence-electron chi connectivity index (χ0n) is 27.4. The van der Waals surface area contributed by atoms with E-state index in [1.165, 1.54) is 16.3 Å². The highest BCUT2D eigenvalue weighted by atomic mass is 16.3. The summed E-state index contributed by atoms with van der Waals surface area (Å²) in [6.07, 6.45) is 0. The van der Waals surface area contributed by atoms with Crippen LogP contribution in [-0.4, -0.2) is 19.1 Å². The summed E-state index contributed by atoms with van der Waals surface area (Å²) in [6.45, 7) is 0. The molecule has 0 radical (unpaired) electrons. The van der Waals surface area contributed by atoms with Crippen molar-refractivity contribution in [2.75, 3.05) is 0 Å². The van der Waals surface area contributed by atoms with Crippen LogP contribution in [0.3, 0.4) is 0 Å². The lowest BCUT2D eigenvalue weighted by Crippen LogP contribution is -2.04. The maximum absolute atomic E-state index is 6.31. The molecule has 0 aliphatic heterocycles. The van der Waals surface area contributed by atoms with Crippen molar-refractivity contribution < 1.29 is 4.42 Å². The Hall–Kier alpha value is -6.98. The van der Waals surface area contributed by atoms with Crippen LogP contribution in [0.5, 0.6) is 0 Å². The van der Waals surface area contributed by atoms with Gasteiger partial charge in [-0.3, -0.25) is 4.57 Å². The number of fused-ring (bicyclic) bond motifs is 9. The van der Waals surface area contributed by atoms with Crippen molar-refractivity contribution >= 4 is 65.6 Å². The number of hydrogen-bond acceptors (Lipinski definition) is 3. The third-order valence-electron chi connectivity index (χ3n) is 10.1. The Bertz CT molecular complexity index is 3130. The number of benzene rings is 7. The number of rotatable bonds is 4. The normalized spacial score (nSPS) is 11.9. The first kappa shape index (κ1) is 27.9. The standard InChI is InChI=1S/C46H28N4O/c1-3-14-29(15-4-1)37-27-38(33-21-13-25-44-45(33)34-20-9-12-24-43(34)51-44)48-46(47-37)50-40-23-11-8-19-32(40)36-26-35-31-18-7-10-22-39(31)49(41(35)28-42(36)50)30-16-5-2-6-17-30/h1-28H. The maximum atomic E-state index is 6.31. The van der Waals surface area contributed by atoms with Crippen LogP contribution in [0.1, 0.15) is 0 Å². The minimum absolute atomic E-state index is 0.615. The first-order valence-electron chi connectivity index (χ1n) is 17.2. The van der Waals surface area contributed by atoms with E-state index in [9.17, 15) is 0 Å². The fraction of sp³-hybridized carbons (Fsp3) is 0. The molecule has 0 N–H and O–H groups in total. The Balaban J connectivity index is 1.26. The van der Waals surface area contributed by atoms with Gasteiger partial charge < -0.3 is 8.98 Å². The Morgan fingerprint density at radius 2 is 0.980 bits per heavy atom. The van der Waals surface area contributed by atoms with Crippen LogP contribution in [0.15, 0.2) is 174 Å². The Morgan fingerprint density at radius 1 is 0.392 bits per heavy atom. The molecule has 0 saturated heterocycles. The van der Waals surface area contributed by atoms with Gasteiger partial charge in [0.05, 0.1) is 33.5 Å². The van der Waals surface area contributed by atoms with E-state index in [0.717, 1.165) is 77.5 Å². The zero-order chi connectivity index (χ0) is 33.5. The van der Waals surface area contributed by atoms with Gasteiger partial charge in [0, 0.05) is 49.1 Å². The van der Waals surface area contributed by atoms with Gasteiger partial charge in [-0.25, -0.2) is 9.97 Å². The van der Waals surface area contributed by atoms with Gasteiger partial charge in [-0.2, -0.15) is 0 Å². The lowest BCUT2D eigenvalue weighted by molar-refractivity contribution is 0.669. The highest BCUT2D eigenvalue weighted by Gasteiger charge is 2.21. The van der Waals surface area contributed by atoms with Crippen molar-refractivity contribution in [3.05, 3.63) is 170 Å². The van der Waals surface area contributed by atoms with Crippen LogP contribution in [0.4, 0.5) is 0 Å². The third kappa shape index (κ3) is 4.15. The fourth-order valence-electron chi connectivity index (χ4n) is 7.92. The predicted octanol–water partition coefficient (Wildman–Crippen LogP) is 11.9. The van der Waals surface area contributed by atoms with E-state index in [-0.39, 0.29) is 0 Å². The first-order valence-corrected chi connectivity index (χ1v) is 17.2. The first-order chi connectivity index (χ1) is 25.3. The van der Waals surface area contributed by atoms with E-state index >= 15 is 0 Å². The van der Waals surface area contributed by atoms with Gasteiger partial charge in [-0.15, -0.1) is 0 Å². The highest BCUT2D eigenvalue weighted by molar-refractivity contribution is 6.19. The summed E-state index contributed by atoms with van der Waals surface area (Å²) >= 11 is 0. The minimum atomic E-state index is 0.615. The van der Waals surface area contributed by atoms with Gasteiger partial charge in [-0.05, 0) is 54.6 Å². The smallest absolute Gasteiger partial charge is 0.235 e. The van der Waals surface area contributed by atoms with Crippen LogP contribution in [0.2, 0.25) is 0 Å². The average molecular weight is 653 g/mol. The van der Waals surface area contributed by atoms with Crippen molar-refractivity contribution in [3.63, 3.8) is 0 Å². The highest BCUT2D eigenvalue weighted by Crippen LogP contribution is 2.41. The van der Waals surface area contributed by atoms with E-state index in [0.29, 0.717) is 5.95 Å². The number of nitrogens with zero attached hydrogens (tertiary/aromatic N) is 4. The van der Waals surface area contributed by atoms with E-state index < -0.39 is 0 Å². The van der Waals surface area contributed by atoms with Crippen molar-refractivity contribution in [1.29, 1.82) is 0 Å². The molecule has 7 aromatic carbocycles. The molecule has 4 heterocycles. The van der Waals surface area contributed by atoms with Crippen molar-refractivity contribution in [2.45, 2.75) is 0 Å². The number of furan rings is 1. The van der Waals surface area contributed by atoms with Gasteiger partial charge in [0.15, 0.2) is 0 Å². The van der Waals surface area contributed by atoms with Crippen LogP contribution in [-0.2, 0) is 0 Å². The van der Waals surface area contributed by atoms with Crippen LogP contribution in [0, 0.1) is 0 Å². The Labute approximate surface area is 292 Å². The molecular formula is C46H28N4O. The molecular weight excluding hydrogens is 625 g/mol. The summed E-state index contributed by atoms with van der Waals surface area (Å²) in [5, 5.41) is 6.87. The van der Waals surface area contributed by atoms with Crippen molar-refractivity contribution in [2.24, 2.45) is 0 Å². The molecule has 0 fully saturated rings. The topological polar surface area (TPSA) is 48.8 Å². The molecule has 5 heteroatoms. The second kappa shape index (κ2) is 10.8. The van der Waals surface area contributed by atoms with Crippen molar-refractivity contribution in [1.82, 2.24) is 19.1 Å². The molecule has 0 saturated carbocycles. The molecule has 238 valence electrons. The largest absolute Gasteiger partial charge is 0.456 e. The molecule has 0 aliphatic carbocycles. The van der Waals surface area contributed by atoms with E-state index in [2.05, 4.69) is 149 Å². The summed E-state index contributed by atoms with van der Waals surface area (Å²) in [7, 11) is 0. The van der Waals surface area contributed by atoms with E-state index in [1.54, 1.807) is 0 Å². The average Bonchev–Trinajstić information content (AvgIpc) is 3.85. The predicted molar refractivity (Wildman–Crippen MR) is 209 cm³/mol. The molecule has 0 atom stereocenters. The summed E-state index contributed by atoms with van der Waals surface area (Å²) in [5.41, 5.74) is 10.9. The Kier molecular flexibility index (Phi) is 5.89. The monoisotopic (exact) mass is 652 g/mol. The molecule has 51 heavy (non-hydrogen) atoms. The summed E-state index contributed by atoms with van der Waals surface area (Å²) in [4.78, 5) is 10.7. The zero-order valence-corrected chi connectivity index (χ0v) is 27.4. The van der Waals surface area contributed by atoms with E-state index in [1.807, 2.05) is 30.3 Å². The SMILES string of the molecule is c1ccc(-c2cc(-c3cccc4oc5ccccc5c34)nc(-n3c4ccccc4c4cc5c6ccccc6n(-c6ccccc6)c5cc43)n2)cc1. The van der Waals surface area contributed by atoms with Crippen LogP contribution < -0.4 is 0 Å². The lowest BCUT2D eigenvalue weighted by atomic mass is 10.0. The van der Waals surface area contributed by atoms with E-state index in [4.69, 9.17) is 14.4 Å². The lowest BCUT2D eigenvalue weighted by Gasteiger charge is -2.13. The van der Waals surface area contributed by atoms with Crippen LogP contribution in [0.25, 0.3) is 99.7 Å². The second-order valence-electron chi connectivity index (χ2n) is 13.0. The molecule has 0 bridgehead atoms. The van der Waals surface area contributed by atoms with Gasteiger partial charge in [0.1, 0.15) is 11.2 Å².